The maximum Gasteiger partial charge on any atom is 0.160 e. The Balaban J connectivity index is 2.04. The molecule has 1 aliphatic heterocycles. The van der Waals surface area contributed by atoms with Crippen LogP contribution in [0, 0.1) is 5.82 Å². The number of benzene rings is 1. The van der Waals surface area contributed by atoms with Crippen molar-refractivity contribution in [3.63, 3.8) is 0 Å². The van der Waals surface area contributed by atoms with E-state index in [4.69, 9.17) is 9.52 Å². The minimum Gasteiger partial charge on any atom is -0.393 e. The highest BCUT2D eigenvalue weighted by molar-refractivity contribution is 5.90. The highest BCUT2D eigenvalue weighted by Crippen LogP contribution is 2.34. The Hall–Kier alpha value is -2.57. The summed E-state index contributed by atoms with van der Waals surface area (Å²) in [6.45, 7) is 10.1. The molecule has 1 fully saturated rings. The topological polar surface area (TPSA) is 61.9 Å². The van der Waals surface area contributed by atoms with Gasteiger partial charge >= 0.3 is 0 Å². The van der Waals surface area contributed by atoms with Gasteiger partial charge in [0.1, 0.15) is 11.5 Å². The third kappa shape index (κ3) is 5.52. The Morgan fingerprint density at radius 2 is 2.03 bits per heavy atom. The minimum atomic E-state index is -0.297. The van der Waals surface area contributed by atoms with Crippen LogP contribution in [-0.4, -0.2) is 40.1 Å². The zero-order valence-corrected chi connectivity index (χ0v) is 17.8. The molecule has 0 aliphatic carbocycles. The van der Waals surface area contributed by atoms with E-state index in [1.54, 1.807) is 18.2 Å². The maximum atomic E-state index is 13.5. The fourth-order valence-electron chi connectivity index (χ4n) is 3.69. The molecule has 160 valence electrons. The average molecular weight is 412 g/mol. The Labute approximate surface area is 177 Å². The average Bonchev–Trinajstić information content (AvgIpc) is 3.13. The van der Waals surface area contributed by atoms with Crippen molar-refractivity contribution < 1.29 is 14.0 Å². The van der Waals surface area contributed by atoms with E-state index in [0.717, 1.165) is 61.3 Å². The first-order valence-corrected chi connectivity index (χ1v) is 10.5. The molecule has 2 heterocycles. The second-order valence-electron chi connectivity index (χ2n) is 7.73. The van der Waals surface area contributed by atoms with Gasteiger partial charge in [0.25, 0.3) is 0 Å². The number of hydrogen-bond donors (Lipinski definition) is 1. The van der Waals surface area contributed by atoms with Gasteiger partial charge in [0, 0.05) is 24.4 Å². The van der Waals surface area contributed by atoms with Crippen LogP contribution in [0.4, 0.5) is 4.39 Å². The molecule has 1 aromatic heterocycles. The Kier molecular flexibility index (Phi) is 7.71. The van der Waals surface area contributed by atoms with Crippen molar-refractivity contribution in [2.45, 2.75) is 52.2 Å². The molecule has 0 atom stereocenters. The van der Waals surface area contributed by atoms with E-state index in [1.165, 1.54) is 12.1 Å². The van der Waals surface area contributed by atoms with Gasteiger partial charge in [-0.25, -0.2) is 4.39 Å². The molecule has 1 N–H and O–H groups in total. The lowest BCUT2D eigenvalue weighted by molar-refractivity contribution is 0.0748. The third-order valence-electron chi connectivity index (χ3n) is 5.26. The summed E-state index contributed by atoms with van der Waals surface area (Å²) in [7, 11) is 0. The van der Waals surface area contributed by atoms with Gasteiger partial charge < -0.3 is 9.63 Å². The molecule has 3 rings (SSSR count). The number of hydrogen-bond acceptors (Lipinski definition) is 5. The Morgan fingerprint density at radius 1 is 1.33 bits per heavy atom. The molecule has 2 aromatic rings. The molecule has 6 heteroatoms. The van der Waals surface area contributed by atoms with E-state index in [0.29, 0.717) is 18.0 Å². The van der Waals surface area contributed by atoms with Crippen molar-refractivity contribution in [2.75, 3.05) is 13.1 Å². The summed E-state index contributed by atoms with van der Waals surface area (Å²) < 4.78 is 19.3. The van der Waals surface area contributed by atoms with Crippen molar-refractivity contribution in [1.82, 2.24) is 10.1 Å². The van der Waals surface area contributed by atoms with Crippen LogP contribution < -0.4 is 0 Å². The van der Waals surface area contributed by atoms with Crippen molar-refractivity contribution in [3.8, 4) is 11.3 Å². The van der Waals surface area contributed by atoms with E-state index in [1.807, 2.05) is 13.0 Å². The second kappa shape index (κ2) is 10.5. The molecule has 0 radical (unpaired) electrons. The SMILES string of the molecule is C=C/C=C(\N=C(C)CCC)c1c(-c2ccc(F)cc2)noc1CN1CCC(O)CC1. The van der Waals surface area contributed by atoms with E-state index in [-0.39, 0.29) is 11.9 Å². The number of piperidine rings is 1. The molecule has 1 aromatic carbocycles. The molecule has 1 saturated heterocycles. The third-order valence-corrected chi connectivity index (χ3v) is 5.26. The lowest BCUT2D eigenvalue weighted by Gasteiger charge is -2.28. The Bertz CT molecular complexity index is 907. The lowest BCUT2D eigenvalue weighted by atomic mass is 10.0. The van der Waals surface area contributed by atoms with Crippen LogP contribution in [0.2, 0.25) is 0 Å². The monoisotopic (exact) mass is 411 g/mol. The fraction of sp³-hybridized carbons (Fsp3) is 0.417. The van der Waals surface area contributed by atoms with E-state index >= 15 is 0 Å². The van der Waals surface area contributed by atoms with Gasteiger partial charge in [-0.05, 0) is 56.5 Å². The molecule has 0 bridgehead atoms. The first kappa shape index (κ1) is 22.1. The first-order chi connectivity index (χ1) is 14.5. The smallest absolute Gasteiger partial charge is 0.160 e. The summed E-state index contributed by atoms with van der Waals surface area (Å²) in [6.07, 6.45) is 6.74. The fourth-order valence-corrected chi connectivity index (χ4v) is 3.69. The lowest BCUT2D eigenvalue weighted by Crippen LogP contribution is -2.35. The first-order valence-electron chi connectivity index (χ1n) is 10.5. The number of aliphatic hydroxyl groups is 1. The number of likely N-dealkylation sites (tertiary alicyclic amines) is 1. The number of rotatable bonds is 8. The number of nitrogens with zero attached hydrogens (tertiary/aromatic N) is 3. The van der Waals surface area contributed by atoms with Gasteiger partial charge in [0.15, 0.2) is 5.76 Å². The molecular weight excluding hydrogens is 381 g/mol. The zero-order valence-electron chi connectivity index (χ0n) is 17.8. The highest BCUT2D eigenvalue weighted by Gasteiger charge is 2.25. The maximum absolute atomic E-state index is 13.5. The van der Waals surface area contributed by atoms with Crippen molar-refractivity contribution in [1.29, 1.82) is 0 Å². The summed E-state index contributed by atoms with van der Waals surface area (Å²) in [4.78, 5) is 7.09. The van der Waals surface area contributed by atoms with Crippen molar-refractivity contribution in [3.05, 3.63) is 60.1 Å². The number of halogens is 1. The summed E-state index contributed by atoms with van der Waals surface area (Å²) in [6, 6.07) is 6.24. The molecule has 30 heavy (non-hydrogen) atoms. The predicted octanol–water partition coefficient (Wildman–Crippen LogP) is 5.23. The van der Waals surface area contributed by atoms with Crippen LogP contribution in [0.15, 0.2) is 52.5 Å². The van der Waals surface area contributed by atoms with Crippen LogP contribution in [0.3, 0.4) is 0 Å². The van der Waals surface area contributed by atoms with Crippen LogP contribution in [-0.2, 0) is 6.54 Å². The van der Waals surface area contributed by atoms with Gasteiger partial charge in [-0.2, -0.15) is 0 Å². The number of aliphatic hydroxyl groups excluding tert-OH is 1. The van der Waals surface area contributed by atoms with Gasteiger partial charge in [-0.3, -0.25) is 9.89 Å². The summed E-state index contributed by atoms with van der Waals surface area (Å²) in [5.74, 6) is 0.418. The summed E-state index contributed by atoms with van der Waals surface area (Å²) in [5, 5.41) is 14.1. The summed E-state index contributed by atoms with van der Waals surface area (Å²) in [5.41, 5.74) is 3.98. The van der Waals surface area contributed by atoms with E-state index < -0.39 is 0 Å². The second-order valence-corrected chi connectivity index (χ2v) is 7.73. The standard InChI is InChI=1S/C24H30FN3O2/c1-4-6-17(3)26-21(7-5-2)23-22(16-28-14-12-20(29)13-15-28)30-27-24(23)18-8-10-19(25)11-9-18/h5,7-11,20,29H,2,4,6,12-16H2,1,3H3/b21-7-,26-17?. The molecule has 0 spiro atoms. The van der Waals surface area contributed by atoms with Crippen LogP contribution in [0.5, 0.6) is 0 Å². The molecular formula is C24H30FN3O2. The normalized spacial score (nSPS) is 16.8. The molecule has 1 aliphatic rings. The molecule has 5 nitrogen and oxygen atoms in total. The molecule has 0 saturated carbocycles. The van der Waals surface area contributed by atoms with E-state index in [2.05, 4.69) is 23.6 Å². The predicted molar refractivity (Wildman–Crippen MR) is 119 cm³/mol. The van der Waals surface area contributed by atoms with Crippen LogP contribution in [0.25, 0.3) is 17.0 Å². The summed E-state index contributed by atoms with van der Waals surface area (Å²) >= 11 is 0. The minimum absolute atomic E-state index is 0.234. The number of aliphatic imine (C=N–C) groups is 1. The number of aromatic nitrogens is 1. The quantitative estimate of drug-likeness (QED) is 0.478. The van der Waals surface area contributed by atoms with Gasteiger partial charge in [-0.1, -0.05) is 31.2 Å². The Morgan fingerprint density at radius 3 is 2.67 bits per heavy atom. The largest absolute Gasteiger partial charge is 0.393 e. The van der Waals surface area contributed by atoms with Gasteiger partial charge in [0.2, 0.25) is 0 Å². The highest BCUT2D eigenvalue weighted by atomic mass is 19.1. The van der Waals surface area contributed by atoms with Gasteiger partial charge in [-0.15, -0.1) is 0 Å². The number of allylic oxidation sites excluding steroid dienone is 2. The van der Waals surface area contributed by atoms with Crippen LogP contribution >= 0.6 is 0 Å². The molecule has 0 amide bonds. The van der Waals surface area contributed by atoms with Crippen LogP contribution in [0.1, 0.15) is 50.9 Å². The molecule has 0 unspecified atom stereocenters. The van der Waals surface area contributed by atoms with Crippen molar-refractivity contribution in [2.24, 2.45) is 4.99 Å². The van der Waals surface area contributed by atoms with E-state index in [9.17, 15) is 9.50 Å². The van der Waals surface area contributed by atoms with Gasteiger partial charge in [0.05, 0.1) is 23.9 Å². The zero-order chi connectivity index (χ0) is 21.5. The van der Waals surface area contributed by atoms with Crippen molar-refractivity contribution >= 4 is 11.4 Å².